The summed E-state index contributed by atoms with van der Waals surface area (Å²) in [4.78, 5) is 0. The fourth-order valence-electron chi connectivity index (χ4n) is 2.42. The van der Waals surface area contributed by atoms with Crippen LogP contribution < -0.4 is 10.1 Å². The number of nitrogens with one attached hydrogen (secondary N) is 1. The predicted octanol–water partition coefficient (Wildman–Crippen LogP) is 4.60. The van der Waals surface area contributed by atoms with E-state index in [1.165, 1.54) is 56.1 Å². The van der Waals surface area contributed by atoms with Gasteiger partial charge >= 0.3 is 0 Å². The fraction of sp³-hybridized carbons (Fsp3) is 0.667. The van der Waals surface area contributed by atoms with Gasteiger partial charge in [-0.1, -0.05) is 50.3 Å². The van der Waals surface area contributed by atoms with E-state index in [0.29, 0.717) is 0 Å². The van der Waals surface area contributed by atoms with Crippen LogP contribution in [-0.4, -0.2) is 12.6 Å². The SMILES string of the molecule is CCCCCCCOc1ccc(C)cc1CNC1CC1. The van der Waals surface area contributed by atoms with Gasteiger partial charge in [-0.15, -0.1) is 0 Å². The topological polar surface area (TPSA) is 21.3 Å². The summed E-state index contributed by atoms with van der Waals surface area (Å²) in [7, 11) is 0. The van der Waals surface area contributed by atoms with Crippen molar-refractivity contribution in [3.05, 3.63) is 29.3 Å². The highest BCUT2D eigenvalue weighted by atomic mass is 16.5. The molecule has 0 radical (unpaired) electrons. The second-order valence-electron chi connectivity index (χ2n) is 6.03. The van der Waals surface area contributed by atoms with Crippen molar-refractivity contribution in [2.75, 3.05) is 6.61 Å². The minimum absolute atomic E-state index is 0.748. The van der Waals surface area contributed by atoms with E-state index in [0.717, 1.165) is 24.9 Å². The molecule has 0 spiro atoms. The second-order valence-corrected chi connectivity index (χ2v) is 6.03. The number of aryl methyl sites for hydroxylation is 1. The third-order valence-corrected chi connectivity index (χ3v) is 3.88. The molecule has 1 saturated carbocycles. The zero-order valence-corrected chi connectivity index (χ0v) is 13.1. The Labute approximate surface area is 123 Å². The molecule has 2 nitrogen and oxygen atoms in total. The van der Waals surface area contributed by atoms with Gasteiger partial charge in [0, 0.05) is 18.2 Å². The van der Waals surface area contributed by atoms with Crippen LogP contribution in [0.5, 0.6) is 5.75 Å². The van der Waals surface area contributed by atoms with Crippen molar-refractivity contribution in [1.29, 1.82) is 0 Å². The summed E-state index contributed by atoms with van der Waals surface area (Å²) in [6, 6.07) is 7.28. The van der Waals surface area contributed by atoms with Crippen LogP contribution in [0.2, 0.25) is 0 Å². The first-order chi connectivity index (χ1) is 9.79. The Morgan fingerprint density at radius 1 is 1.15 bits per heavy atom. The summed E-state index contributed by atoms with van der Waals surface area (Å²) >= 11 is 0. The number of hydrogen-bond acceptors (Lipinski definition) is 2. The highest BCUT2D eigenvalue weighted by Crippen LogP contribution is 2.24. The molecule has 1 aromatic rings. The van der Waals surface area contributed by atoms with E-state index in [2.05, 4.69) is 37.4 Å². The third kappa shape index (κ3) is 5.54. The molecular formula is C18H29NO. The average Bonchev–Trinajstić information content (AvgIpc) is 3.26. The first-order valence-electron chi connectivity index (χ1n) is 8.25. The molecule has 2 heteroatoms. The molecule has 1 fully saturated rings. The molecule has 0 amide bonds. The van der Waals surface area contributed by atoms with Gasteiger partial charge in [-0.25, -0.2) is 0 Å². The number of ether oxygens (including phenoxy) is 1. The summed E-state index contributed by atoms with van der Waals surface area (Å²) in [5.74, 6) is 1.07. The van der Waals surface area contributed by atoms with E-state index >= 15 is 0 Å². The lowest BCUT2D eigenvalue weighted by Crippen LogP contribution is -2.16. The van der Waals surface area contributed by atoms with Crippen molar-refractivity contribution in [3.63, 3.8) is 0 Å². The first kappa shape index (κ1) is 15.4. The average molecular weight is 275 g/mol. The highest BCUT2D eigenvalue weighted by Gasteiger charge is 2.20. The lowest BCUT2D eigenvalue weighted by atomic mass is 10.1. The molecule has 112 valence electrons. The Bertz CT molecular complexity index is 398. The monoisotopic (exact) mass is 275 g/mol. The first-order valence-corrected chi connectivity index (χ1v) is 8.25. The molecule has 1 aliphatic carbocycles. The highest BCUT2D eigenvalue weighted by molar-refractivity contribution is 5.37. The molecule has 0 unspecified atom stereocenters. The summed E-state index contributed by atoms with van der Waals surface area (Å²) in [5.41, 5.74) is 2.62. The van der Waals surface area contributed by atoms with E-state index < -0.39 is 0 Å². The predicted molar refractivity (Wildman–Crippen MR) is 85.3 cm³/mol. The summed E-state index contributed by atoms with van der Waals surface area (Å²) in [6.45, 7) is 6.19. The van der Waals surface area contributed by atoms with Crippen LogP contribution >= 0.6 is 0 Å². The zero-order valence-electron chi connectivity index (χ0n) is 13.1. The van der Waals surface area contributed by atoms with Gasteiger partial charge in [-0.3, -0.25) is 0 Å². The van der Waals surface area contributed by atoms with Crippen LogP contribution in [-0.2, 0) is 6.54 Å². The minimum atomic E-state index is 0.748. The van der Waals surface area contributed by atoms with Gasteiger partial charge in [0.05, 0.1) is 6.61 Å². The minimum Gasteiger partial charge on any atom is -0.493 e. The molecule has 0 aromatic heterocycles. The van der Waals surface area contributed by atoms with Gasteiger partial charge in [0.2, 0.25) is 0 Å². The van der Waals surface area contributed by atoms with Crippen molar-refractivity contribution in [1.82, 2.24) is 5.32 Å². The van der Waals surface area contributed by atoms with Crippen LogP contribution in [0.15, 0.2) is 18.2 Å². The molecule has 2 rings (SSSR count). The maximum absolute atomic E-state index is 5.99. The van der Waals surface area contributed by atoms with Crippen LogP contribution in [0.25, 0.3) is 0 Å². The van der Waals surface area contributed by atoms with E-state index in [9.17, 15) is 0 Å². The second kappa shape index (κ2) is 8.31. The van der Waals surface area contributed by atoms with Crippen molar-refractivity contribution >= 4 is 0 Å². The number of unbranched alkanes of at least 4 members (excludes halogenated alkanes) is 4. The third-order valence-electron chi connectivity index (χ3n) is 3.88. The molecular weight excluding hydrogens is 246 g/mol. The normalized spacial score (nSPS) is 14.5. The Hall–Kier alpha value is -1.02. The van der Waals surface area contributed by atoms with Crippen LogP contribution in [0.3, 0.4) is 0 Å². The van der Waals surface area contributed by atoms with E-state index in [4.69, 9.17) is 4.74 Å². The van der Waals surface area contributed by atoms with Gasteiger partial charge < -0.3 is 10.1 Å². The van der Waals surface area contributed by atoms with E-state index in [1.54, 1.807) is 0 Å². The molecule has 1 aromatic carbocycles. The molecule has 1 N–H and O–H groups in total. The van der Waals surface area contributed by atoms with Gasteiger partial charge in [-0.05, 0) is 32.3 Å². The van der Waals surface area contributed by atoms with Gasteiger partial charge in [0.15, 0.2) is 0 Å². The molecule has 0 bridgehead atoms. The summed E-state index contributed by atoms with van der Waals surface area (Å²) in [5, 5.41) is 3.58. The van der Waals surface area contributed by atoms with Crippen molar-refractivity contribution in [3.8, 4) is 5.75 Å². The van der Waals surface area contributed by atoms with Crippen LogP contribution in [0.4, 0.5) is 0 Å². The molecule has 0 aliphatic heterocycles. The maximum Gasteiger partial charge on any atom is 0.123 e. The summed E-state index contributed by atoms with van der Waals surface area (Å²) in [6.07, 6.45) is 9.11. The van der Waals surface area contributed by atoms with Crippen molar-refractivity contribution in [2.45, 2.75) is 71.4 Å². The fourth-order valence-corrected chi connectivity index (χ4v) is 2.42. The van der Waals surface area contributed by atoms with Crippen LogP contribution in [0, 0.1) is 6.92 Å². The van der Waals surface area contributed by atoms with E-state index in [1.807, 2.05) is 0 Å². The number of rotatable bonds is 10. The Morgan fingerprint density at radius 3 is 2.70 bits per heavy atom. The van der Waals surface area contributed by atoms with Crippen molar-refractivity contribution in [2.24, 2.45) is 0 Å². The lowest BCUT2D eigenvalue weighted by Gasteiger charge is -2.13. The maximum atomic E-state index is 5.99. The Balaban J connectivity index is 1.76. The molecule has 1 aliphatic rings. The molecule has 0 saturated heterocycles. The van der Waals surface area contributed by atoms with E-state index in [-0.39, 0.29) is 0 Å². The van der Waals surface area contributed by atoms with Gasteiger partial charge in [0.25, 0.3) is 0 Å². The van der Waals surface area contributed by atoms with Gasteiger partial charge in [0.1, 0.15) is 5.75 Å². The quantitative estimate of drug-likeness (QED) is 0.630. The summed E-state index contributed by atoms with van der Waals surface area (Å²) < 4.78 is 5.99. The smallest absolute Gasteiger partial charge is 0.123 e. The van der Waals surface area contributed by atoms with Crippen molar-refractivity contribution < 1.29 is 4.74 Å². The standard InChI is InChI=1S/C18H29NO/c1-3-4-5-6-7-12-20-18-11-8-15(2)13-16(18)14-19-17-9-10-17/h8,11,13,17,19H,3-7,9-10,12,14H2,1-2H3. The zero-order chi connectivity index (χ0) is 14.2. The van der Waals surface area contributed by atoms with Crippen LogP contribution in [0.1, 0.15) is 63.0 Å². The van der Waals surface area contributed by atoms with Gasteiger partial charge in [-0.2, -0.15) is 0 Å². The number of hydrogen-bond donors (Lipinski definition) is 1. The molecule has 0 atom stereocenters. The Morgan fingerprint density at radius 2 is 1.95 bits per heavy atom. The Kier molecular flexibility index (Phi) is 6.38. The lowest BCUT2D eigenvalue weighted by molar-refractivity contribution is 0.301. The largest absolute Gasteiger partial charge is 0.493 e. The number of benzene rings is 1. The molecule has 20 heavy (non-hydrogen) atoms. The molecule has 0 heterocycles.